The third kappa shape index (κ3) is 2.88. The molecule has 0 unspecified atom stereocenters. The van der Waals surface area contributed by atoms with Crippen molar-refractivity contribution in [3.63, 3.8) is 0 Å². The smallest absolute Gasteiger partial charge is 0.232 e. The molecule has 126 valence electrons. The van der Waals surface area contributed by atoms with Crippen LogP contribution in [0.25, 0.3) is 11.4 Å². The number of hydrogen-bond acceptors (Lipinski definition) is 5. The third-order valence-electron chi connectivity index (χ3n) is 4.30. The van der Waals surface area contributed by atoms with E-state index in [9.17, 15) is 9.18 Å². The van der Waals surface area contributed by atoms with E-state index >= 15 is 0 Å². The predicted octanol–water partition coefficient (Wildman–Crippen LogP) is 3.10. The minimum Gasteiger partial charge on any atom is -0.339 e. The lowest BCUT2D eigenvalue weighted by Gasteiger charge is -2.16. The van der Waals surface area contributed by atoms with Gasteiger partial charge < -0.3 is 9.42 Å². The molecule has 0 bridgehead atoms. The number of nitrogens with zero attached hydrogens (tertiary/aromatic N) is 4. The first kappa shape index (κ1) is 15.4. The number of pyridine rings is 1. The van der Waals surface area contributed by atoms with Gasteiger partial charge in [0.15, 0.2) is 0 Å². The molecule has 1 saturated heterocycles. The summed E-state index contributed by atoms with van der Waals surface area (Å²) in [6, 6.07) is 8.41. The van der Waals surface area contributed by atoms with E-state index in [-0.39, 0.29) is 24.1 Å². The molecular formula is C18H15FN4O2. The number of amides is 1. The number of benzene rings is 1. The first-order valence-electron chi connectivity index (χ1n) is 7.92. The van der Waals surface area contributed by atoms with Crippen molar-refractivity contribution in [2.24, 2.45) is 0 Å². The van der Waals surface area contributed by atoms with Crippen LogP contribution in [0.1, 0.15) is 23.8 Å². The minimum absolute atomic E-state index is 0.0885. The number of aryl methyl sites for hydroxylation is 1. The van der Waals surface area contributed by atoms with Crippen LogP contribution in [0.4, 0.5) is 10.1 Å². The normalized spacial score (nSPS) is 17.3. The average molecular weight is 338 g/mol. The van der Waals surface area contributed by atoms with E-state index < -0.39 is 0 Å². The van der Waals surface area contributed by atoms with E-state index in [1.165, 1.54) is 6.07 Å². The number of halogens is 1. The number of carbonyl (C=O) groups excluding carboxylic acids is 1. The van der Waals surface area contributed by atoms with Crippen LogP contribution in [-0.2, 0) is 4.79 Å². The number of anilines is 1. The zero-order valence-electron chi connectivity index (χ0n) is 13.5. The van der Waals surface area contributed by atoms with Gasteiger partial charge in [-0.3, -0.25) is 9.78 Å². The minimum atomic E-state index is -0.328. The van der Waals surface area contributed by atoms with E-state index in [1.807, 2.05) is 6.07 Å². The highest BCUT2D eigenvalue weighted by Gasteiger charge is 2.35. The molecule has 1 fully saturated rings. The Kier molecular flexibility index (Phi) is 3.76. The van der Waals surface area contributed by atoms with Crippen molar-refractivity contribution >= 4 is 11.6 Å². The van der Waals surface area contributed by atoms with E-state index in [1.54, 1.807) is 42.4 Å². The first-order valence-corrected chi connectivity index (χ1v) is 7.92. The second kappa shape index (κ2) is 6.08. The van der Waals surface area contributed by atoms with Gasteiger partial charge in [-0.2, -0.15) is 4.98 Å². The van der Waals surface area contributed by atoms with Crippen LogP contribution in [0.3, 0.4) is 0 Å². The van der Waals surface area contributed by atoms with Crippen LogP contribution in [0, 0.1) is 12.7 Å². The molecule has 0 radical (unpaired) electrons. The van der Waals surface area contributed by atoms with Crippen molar-refractivity contribution in [2.75, 3.05) is 11.4 Å². The largest absolute Gasteiger partial charge is 0.339 e. The fourth-order valence-corrected chi connectivity index (χ4v) is 2.89. The summed E-state index contributed by atoms with van der Waals surface area (Å²) in [7, 11) is 0. The molecule has 3 aromatic rings. The summed E-state index contributed by atoms with van der Waals surface area (Å²) in [6.07, 6.45) is 3.57. The third-order valence-corrected chi connectivity index (χ3v) is 4.30. The standard InChI is InChI=1S/C18H15FN4O2/c1-11-4-5-14(8-15(11)19)23-10-13(7-16(23)24)18-21-17(22-25-18)12-3-2-6-20-9-12/h2-6,8-9,13H,7,10H2,1H3/t13-/m0/s1. The molecule has 1 amide bonds. The van der Waals surface area contributed by atoms with Gasteiger partial charge in [0, 0.05) is 36.6 Å². The molecule has 25 heavy (non-hydrogen) atoms. The molecule has 7 heteroatoms. The Hall–Kier alpha value is -3.09. The summed E-state index contributed by atoms with van der Waals surface area (Å²) in [5.41, 5.74) is 1.84. The van der Waals surface area contributed by atoms with Gasteiger partial charge in [-0.1, -0.05) is 11.2 Å². The van der Waals surface area contributed by atoms with E-state index in [2.05, 4.69) is 15.1 Å². The highest BCUT2D eigenvalue weighted by atomic mass is 19.1. The lowest BCUT2D eigenvalue weighted by molar-refractivity contribution is -0.117. The second-order valence-electron chi connectivity index (χ2n) is 6.04. The van der Waals surface area contributed by atoms with Crippen LogP contribution in [0.2, 0.25) is 0 Å². The van der Waals surface area contributed by atoms with Crippen LogP contribution in [0.5, 0.6) is 0 Å². The molecular weight excluding hydrogens is 323 g/mol. The molecule has 6 nitrogen and oxygen atoms in total. The van der Waals surface area contributed by atoms with Crippen LogP contribution in [0.15, 0.2) is 47.2 Å². The Labute approximate surface area is 143 Å². The SMILES string of the molecule is Cc1ccc(N2C[C@@H](c3nc(-c4cccnc4)no3)CC2=O)cc1F. The van der Waals surface area contributed by atoms with E-state index in [4.69, 9.17) is 4.52 Å². The van der Waals surface area contributed by atoms with Crippen molar-refractivity contribution in [2.45, 2.75) is 19.3 Å². The Morgan fingerprint density at radius 3 is 2.96 bits per heavy atom. The fourth-order valence-electron chi connectivity index (χ4n) is 2.89. The summed E-state index contributed by atoms with van der Waals surface area (Å²) in [5.74, 6) is 0.215. The van der Waals surface area contributed by atoms with Gasteiger partial charge in [0.25, 0.3) is 0 Å². The summed E-state index contributed by atoms with van der Waals surface area (Å²) < 4.78 is 19.1. The quantitative estimate of drug-likeness (QED) is 0.734. The zero-order chi connectivity index (χ0) is 17.4. The van der Waals surface area contributed by atoms with Gasteiger partial charge in [0.05, 0.1) is 5.92 Å². The molecule has 0 aliphatic carbocycles. The molecule has 0 spiro atoms. The summed E-state index contributed by atoms with van der Waals surface area (Å²) in [6.45, 7) is 2.07. The van der Waals surface area contributed by atoms with Crippen molar-refractivity contribution in [3.05, 3.63) is 60.0 Å². The maximum absolute atomic E-state index is 13.8. The summed E-state index contributed by atoms with van der Waals surface area (Å²) >= 11 is 0. The molecule has 0 saturated carbocycles. The van der Waals surface area contributed by atoms with Crippen molar-refractivity contribution in [1.29, 1.82) is 0 Å². The molecule has 3 heterocycles. The van der Waals surface area contributed by atoms with Gasteiger partial charge in [0.2, 0.25) is 17.6 Å². The fraction of sp³-hybridized carbons (Fsp3) is 0.222. The summed E-state index contributed by atoms with van der Waals surface area (Å²) in [4.78, 5) is 22.3. The van der Waals surface area contributed by atoms with Gasteiger partial charge in [-0.05, 0) is 36.8 Å². The van der Waals surface area contributed by atoms with Crippen LogP contribution in [-0.4, -0.2) is 27.6 Å². The summed E-state index contributed by atoms with van der Waals surface area (Å²) in [5, 5.41) is 3.96. The number of carbonyl (C=O) groups is 1. The van der Waals surface area contributed by atoms with E-state index in [0.29, 0.717) is 29.5 Å². The molecule has 1 aliphatic rings. The van der Waals surface area contributed by atoms with Gasteiger partial charge in [-0.25, -0.2) is 4.39 Å². The van der Waals surface area contributed by atoms with Gasteiger partial charge in [-0.15, -0.1) is 0 Å². The lowest BCUT2D eigenvalue weighted by atomic mass is 10.1. The van der Waals surface area contributed by atoms with Crippen molar-refractivity contribution < 1.29 is 13.7 Å². The molecule has 2 aromatic heterocycles. The van der Waals surface area contributed by atoms with Gasteiger partial charge >= 0.3 is 0 Å². The van der Waals surface area contributed by atoms with Crippen molar-refractivity contribution in [1.82, 2.24) is 15.1 Å². The highest BCUT2D eigenvalue weighted by Crippen LogP contribution is 2.32. The maximum atomic E-state index is 13.8. The number of rotatable bonds is 3. The monoisotopic (exact) mass is 338 g/mol. The molecule has 4 rings (SSSR count). The van der Waals surface area contributed by atoms with E-state index in [0.717, 1.165) is 5.56 Å². The Balaban J connectivity index is 1.56. The van der Waals surface area contributed by atoms with Crippen LogP contribution < -0.4 is 4.90 Å². The Bertz CT molecular complexity index is 926. The molecule has 1 aliphatic heterocycles. The predicted molar refractivity (Wildman–Crippen MR) is 88.4 cm³/mol. The van der Waals surface area contributed by atoms with Gasteiger partial charge in [0.1, 0.15) is 5.82 Å². The number of hydrogen-bond donors (Lipinski definition) is 0. The topological polar surface area (TPSA) is 72.1 Å². The van der Waals surface area contributed by atoms with Crippen molar-refractivity contribution in [3.8, 4) is 11.4 Å². The average Bonchev–Trinajstić information content (AvgIpc) is 3.25. The highest BCUT2D eigenvalue weighted by molar-refractivity contribution is 5.96. The van der Waals surface area contributed by atoms with Crippen LogP contribution >= 0.6 is 0 Å². The molecule has 0 N–H and O–H groups in total. The first-order chi connectivity index (χ1) is 12.1. The second-order valence-corrected chi connectivity index (χ2v) is 6.04. The lowest BCUT2D eigenvalue weighted by Crippen LogP contribution is -2.24. The molecule has 1 atom stereocenters. The molecule has 1 aromatic carbocycles. The Morgan fingerprint density at radius 1 is 1.32 bits per heavy atom. The Morgan fingerprint density at radius 2 is 2.20 bits per heavy atom. The number of aromatic nitrogens is 3. The zero-order valence-corrected chi connectivity index (χ0v) is 13.5. The maximum Gasteiger partial charge on any atom is 0.232 e.